The number of halogens is 1. The van der Waals surface area contributed by atoms with Crippen molar-refractivity contribution in [2.75, 3.05) is 12.4 Å². The number of hydrogen-bond acceptors (Lipinski definition) is 7. The van der Waals surface area contributed by atoms with Gasteiger partial charge in [-0.15, -0.1) is 0 Å². The van der Waals surface area contributed by atoms with Gasteiger partial charge < -0.3 is 14.8 Å². The molecule has 25 heavy (non-hydrogen) atoms. The van der Waals surface area contributed by atoms with Crippen molar-refractivity contribution in [2.24, 2.45) is 11.8 Å². The third-order valence-electron chi connectivity index (χ3n) is 3.89. The number of pyridine rings is 1. The molecule has 1 aromatic heterocycles. The van der Waals surface area contributed by atoms with Gasteiger partial charge in [-0.25, -0.2) is 15.2 Å². The largest absolute Gasteiger partial charge is 0.472 e. The van der Waals surface area contributed by atoms with Crippen molar-refractivity contribution in [1.82, 2.24) is 10.4 Å². The molecule has 0 saturated heterocycles. The number of esters is 1. The zero-order valence-corrected chi connectivity index (χ0v) is 13.6. The number of carbonyl (C=O) groups is 3. The molecule has 0 atom stereocenters. The van der Waals surface area contributed by atoms with Crippen LogP contribution in [0.4, 0.5) is 10.1 Å². The Morgan fingerprint density at radius 1 is 1.24 bits per heavy atom. The maximum Gasteiger partial charge on any atom is 0.323 e. The molecule has 2 rings (SSSR count). The third-order valence-corrected chi connectivity index (χ3v) is 3.89. The first-order valence-corrected chi connectivity index (χ1v) is 7.66. The van der Waals surface area contributed by atoms with Gasteiger partial charge in [0, 0.05) is 6.07 Å². The fourth-order valence-electron chi connectivity index (χ4n) is 2.57. The summed E-state index contributed by atoms with van der Waals surface area (Å²) < 4.78 is 24.3. The van der Waals surface area contributed by atoms with Gasteiger partial charge >= 0.3 is 17.8 Å². The normalized spacial score (nSPS) is 19.6. The first kappa shape index (κ1) is 18.6. The van der Waals surface area contributed by atoms with E-state index in [1.807, 2.05) is 0 Å². The number of nitrogens with one attached hydrogen (secondary N) is 2. The number of amides is 2. The van der Waals surface area contributed by atoms with Crippen LogP contribution in [0.2, 0.25) is 0 Å². The van der Waals surface area contributed by atoms with Gasteiger partial charge in [0.1, 0.15) is 6.10 Å². The van der Waals surface area contributed by atoms with E-state index in [0.29, 0.717) is 25.7 Å². The Labute approximate surface area is 143 Å². The number of nitrogens with two attached hydrogens (primary N) is 1. The van der Waals surface area contributed by atoms with Crippen LogP contribution < -0.4 is 21.3 Å². The Morgan fingerprint density at radius 3 is 2.48 bits per heavy atom. The molecule has 1 aromatic rings. The minimum atomic E-state index is -1.07. The van der Waals surface area contributed by atoms with E-state index in [1.54, 1.807) is 5.43 Å². The Balaban J connectivity index is 1.92. The monoisotopic (exact) mass is 354 g/mol. The van der Waals surface area contributed by atoms with Crippen molar-refractivity contribution in [2.45, 2.75) is 31.8 Å². The molecule has 0 radical (unpaired) electrons. The molecule has 1 saturated carbocycles. The summed E-state index contributed by atoms with van der Waals surface area (Å²) in [6.45, 7) is 0. The number of carbonyl (C=O) groups excluding carboxylic acids is 3. The lowest BCUT2D eigenvalue weighted by atomic mass is 9.87. The van der Waals surface area contributed by atoms with Crippen molar-refractivity contribution in [3.8, 4) is 5.88 Å². The summed E-state index contributed by atoms with van der Waals surface area (Å²) in [7, 11) is 1.35. The number of rotatable bonds is 4. The molecule has 10 heteroatoms. The number of hydrazine groups is 1. The lowest BCUT2D eigenvalue weighted by Gasteiger charge is -2.27. The van der Waals surface area contributed by atoms with Crippen LogP contribution in [0.15, 0.2) is 12.3 Å². The average molecular weight is 354 g/mol. The highest BCUT2D eigenvalue weighted by molar-refractivity contribution is 6.39. The summed E-state index contributed by atoms with van der Waals surface area (Å²) in [4.78, 5) is 37.6. The molecule has 1 aliphatic rings. The van der Waals surface area contributed by atoms with E-state index in [4.69, 9.17) is 15.3 Å². The van der Waals surface area contributed by atoms with Crippen LogP contribution in [0.1, 0.15) is 25.7 Å². The second-order valence-electron chi connectivity index (χ2n) is 5.55. The van der Waals surface area contributed by atoms with E-state index in [1.165, 1.54) is 13.3 Å². The summed E-state index contributed by atoms with van der Waals surface area (Å²) in [5.74, 6) is 1.33. The van der Waals surface area contributed by atoms with Gasteiger partial charge in [-0.2, -0.15) is 0 Å². The SMILES string of the molecule is COC(=O)C1CCC(Oc2ncc(NC(=O)C(=O)NN)cc2F)CC1. The maximum absolute atomic E-state index is 14.1. The van der Waals surface area contributed by atoms with Crippen molar-refractivity contribution in [3.05, 3.63) is 18.1 Å². The molecule has 0 spiro atoms. The van der Waals surface area contributed by atoms with Crippen molar-refractivity contribution in [1.29, 1.82) is 0 Å². The number of ether oxygens (including phenoxy) is 2. The highest BCUT2D eigenvalue weighted by Gasteiger charge is 2.28. The van der Waals surface area contributed by atoms with E-state index >= 15 is 0 Å². The molecule has 0 aliphatic heterocycles. The number of anilines is 1. The lowest BCUT2D eigenvalue weighted by Crippen LogP contribution is -2.39. The fourth-order valence-corrected chi connectivity index (χ4v) is 2.57. The molecule has 136 valence electrons. The van der Waals surface area contributed by atoms with E-state index < -0.39 is 17.6 Å². The zero-order chi connectivity index (χ0) is 18.4. The quantitative estimate of drug-likeness (QED) is 0.232. The van der Waals surface area contributed by atoms with Gasteiger partial charge in [-0.3, -0.25) is 19.8 Å². The Bertz CT molecular complexity index is 661. The van der Waals surface area contributed by atoms with Crippen molar-refractivity contribution >= 4 is 23.5 Å². The summed E-state index contributed by atoms with van der Waals surface area (Å²) in [6, 6.07) is 0.990. The molecule has 0 bridgehead atoms. The summed E-state index contributed by atoms with van der Waals surface area (Å²) >= 11 is 0. The van der Waals surface area contributed by atoms with Gasteiger partial charge in [0.2, 0.25) is 0 Å². The van der Waals surface area contributed by atoms with Crippen LogP contribution in [0.3, 0.4) is 0 Å². The van der Waals surface area contributed by atoms with E-state index in [-0.39, 0.29) is 29.6 Å². The maximum atomic E-state index is 14.1. The van der Waals surface area contributed by atoms with E-state index in [9.17, 15) is 18.8 Å². The highest BCUT2D eigenvalue weighted by atomic mass is 19.1. The van der Waals surface area contributed by atoms with Crippen LogP contribution >= 0.6 is 0 Å². The summed E-state index contributed by atoms with van der Waals surface area (Å²) in [6.07, 6.45) is 3.26. The summed E-state index contributed by atoms with van der Waals surface area (Å²) in [5.41, 5.74) is 1.65. The molecular weight excluding hydrogens is 335 g/mol. The topological polar surface area (TPSA) is 133 Å². The Hall–Kier alpha value is -2.75. The molecule has 9 nitrogen and oxygen atoms in total. The highest BCUT2D eigenvalue weighted by Crippen LogP contribution is 2.29. The van der Waals surface area contributed by atoms with Gasteiger partial charge in [0.15, 0.2) is 5.82 Å². The van der Waals surface area contributed by atoms with Crippen molar-refractivity contribution < 1.29 is 28.2 Å². The molecule has 1 aliphatic carbocycles. The van der Waals surface area contributed by atoms with Gasteiger partial charge in [-0.05, 0) is 25.7 Å². The van der Waals surface area contributed by atoms with E-state index in [2.05, 4.69) is 10.3 Å². The predicted molar refractivity (Wildman–Crippen MR) is 83.5 cm³/mol. The smallest absolute Gasteiger partial charge is 0.323 e. The van der Waals surface area contributed by atoms with Crippen LogP contribution in [-0.4, -0.2) is 36.0 Å². The van der Waals surface area contributed by atoms with Gasteiger partial charge in [0.05, 0.1) is 24.9 Å². The van der Waals surface area contributed by atoms with Gasteiger partial charge in [0.25, 0.3) is 5.88 Å². The Morgan fingerprint density at radius 2 is 1.92 bits per heavy atom. The molecule has 0 aromatic carbocycles. The van der Waals surface area contributed by atoms with Crippen LogP contribution in [-0.2, 0) is 19.1 Å². The zero-order valence-electron chi connectivity index (χ0n) is 13.6. The molecular formula is C15H19FN4O5. The minimum absolute atomic E-state index is 0.00662. The Kier molecular flexibility index (Phi) is 6.23. The lowest BCUT2D eigenvalue weighted by molar-refractivity contribution is -0.147. The van der Waals surface area contributed by atoms with Gasteiger partial charge in [-0.1, -0.05) is 0 Å². The molecule has 0 unspecified atom stereocenters. The third kappa shape index (κ3) is 4.86. The average Bonchev–Trinajstić information content (AvgIpc) is 2.63. The molecule has 1 fully saturated rings. The number of hydrogen-bond donors (Lipinski definition) is 3. The van der Waals surface area contributed by atoms with Crippen molar-refractivity contribution in [3.63, 3.8) is 0 Å². The fraction of sp³-hybridized carbons (Fsp3) is 0.467. The first-order valence-electron chi connectivity index (χ1n) is 7.66. The van der Waals surface area contributed by atoms with Crippen LogP contribution in [0.5, 0.6) is 5.88 Å². The second kappa shape index (κ2) is 8.38. The second-order valence-corrected chi connectivity index (χ2v) is 5.55. The molecule has 1 heterocycles. The minimum Gasteiger partial charge on any atom is -0.472 e. The number of aromatic nitrogens is 1. The number of nitrogens with zero attached hydrogens (tertiary/aromatic N) is 1. The molecule has 2 amide bonds. The summed E-state index contributed by atoms with van der Waals surface area (Å²) in [5, 5.41) is 2.15. The first-order chi connectivity index (χ1) is 11.9. The predicted octanol–water partition coefficient (Wildman–Crippen LogP) is 0.260. The molecule has 4 N–H and O–H groups in total. The van der Waals surface area contributed by atoms with Crippen LogP contribution in [0, 0.1) is 11.7 Å². The van der Waals surface area contributed by atoms with E-state index in [0.717, 1.165) is 6.07 Å². The standard InChI is InChI=1S/C15H19FN4O5/c1-24-15(23)8-2-4-10(5-3-8)25-14-11(16)6-9(7-18-14)19-12(21)13(22)20-17/h6-8,10H,2-5,17H2,1H3,(H,19,21)(H,20,22). The number of methoxy groups -OCH3 is 1. The van der Waals surface area contributed by atoms with Crippen LogP contribution in [0.25, 0.3) is 0 Å².